The largest absolute Gasteiger partial charge is 0.423 e. The number of ether oxygens (including phenoxy) is 1. The first kappa shape index (κ1) is 16.2. The van der Waals surface area contributed by atoms with Gasteiger partial charge in [0, 0.05) is 6.08 Å². The highest BCUT2D eigenvalue weighted by Gasteiger charge is 2.06. The van der Waals surface area contributed by atoms with E-state index in [1.165, 1.54) is 18.2 Å². The first-order valence-corrected chi connectivity index (χ1v) is 6.95. The van der Waals surface area contributed by atoms with Crippen LogP contribution < -0.4 is 4.74 Å². The zero-order chi connectivity index (χ0) is 16.7. The average molecular weight is 307 g/mol. The van der Waals surface area contributed by atoms with E-state index in [0.29, 0.717) is 11.3 Å². The van der Waals surface area contributed by atoms with Crippen LogP contribution in [0.15, 0.2) is 66.8 Å². The lowest BCUT2D eigenvalue weighted by Gasteiger charge is -2.05. The predicted molar refractivity (Wildman–Crippen MR) is 86.1 cm³/mol. The molecule has 2 aromatic rings. The van der Waals surface area contributed by atoms with Crippen molar-refractivity contribution in [2.75, 3.05) is 0 Å². The van der Waals surface area contributed by atoms with E-state index in [9.17, 15) is 9.18 Å². The summed E-state index contributed by atoms with van der Waals surface area (Å²) < 4.78 is 18.8. The second-order valence-electron chi connectivity index (χ2n) is 4.64. The molecule has 0 aliphatic rings. The third-order valence-corrected chi connectivity index (χ3v) is 3.03. The van der Waals surface area contributed by atoms with E-state index in [2.05, 4.69) is 0 Å². The van der Waals surface area contributed by atoms with E-state index in [4.69, 9.17) is 10.00 Å². The number of hydrogen-bond acceptors (Lipinski definition) is 3. The summed E-state index contributed by atoms with van der Waals surface area (Å²) in [5, 5.41) is 8.73. The molecule has 3 nitrogen and oxygen atoms in total. The number of hydrogen-bond donors (Lipinski definition) is 0. The lowest BCUT2D eigenvalue weighted by molar-refractivity contribution is -0.128. The van der Waals surface area contributed by atoms with Crippen molar-refractivity contribution in [2.24, 2.45) is 0 Å². The van der Waals surface area contributed by atoms with Crippen LogP contribution >= 0.6 is 0 Å². The molecule has 0 fully saturated rings. The van der Waals surface area contributed by atoms with Crippen LogP contribution in [-0.2, 0) is 4.79 Å². The monoisotopic (exact) mass is 307 g/mol. The Balaban J connectivity index is 2.12. The number of carbonyl (C=O) groups excluding carboxylic acids is 1. The molecule has 0 aliphatic heterocycles. The lowest BCUT2D eigenvalue weighted by Crippen LogP contribution is -2.03. The van der Waals surface area contributed by atoms with Crippen LogP contribution in [-0.4, -0.2) is 5.97 Å². The number of allylic oxidation sites excluding steroid dienone is 3. The van der Waals surface area contributed by atoms with Crippen LogP contribution in [0, 0.1) is 17.1 Å². The Morgan fingerprint density at radius 1 is 1.13 bits per heavy atom. The zero-order valence-corrected chi connectivity index (χ0v) is 12.5. The van der Waals surface area contributed by atoms with E-state index in [-0.39, 0.29) is 5.56 Å². The Morgan fingerprint density at radius 3 is 2.43 bits per heavy atom. The highest BCUT2D eigenvalue weighted by Crippen LogP contribution is 2.24. The molecule has 23 heavy (non-hydrogen) atoms. The molecule has 0 aromatic heterocycles. The molecule has 0 spiro atoms. The van der Waals surface area contributed by atoms with Crippen LogP contribution in [0.25, 0.3) is 11.1 Å². The van der Waals surface area contributed by atoms with Gasteiger partial charge in [-0.25, -0.2) is 9.18 Å². The van der Waals surface area contributed by atoms with E-state index in [0.717, 1.165) is 5.56 Å². The SMILES string of the molecule is C/C=C/C=C/C(=O)Oc1ccc(-c2ccc(C#N)c(F)c2)cc1. The summed E-state index contributed by atoms with van der Waals surface area (Å²) in [6.45, 7) is 1.85. The number of halogens is 1. The molecule has 2 aromatic carbocycles. The fourth-order valence-corrected chi connectivity index (χ4v) is 1.90. The number of nitriles is 1. The zero-order valence-electron chi connectivity index (χ0n) is 12.5. The molecule has 0 bridgehead atoms. The van der Waals surface area contributed by atoms with Crippen LogP contribution in [0.3, 0.4) is 0 Å². The molecule has 2 rings (SSSR count). The van der Waals surface area contributed by atoms with Crippen LogP contribution in [0.2, 0.25) is 0 Å². The molecule has 0 saturated carbocycles. The molecule has 4 heteroatoms. The fraction of sp³-hybridized carbons (Fsp3) is 0.0526. The van der Waals surface area contributed by atoms with Crippen molar-refractivity contribution >= 4 is 5.97 Å². The van der Waals surface area contributed by atoms with Gasteiger partial charge in [0.05, 0.1) is 5.56 Å². The Bertz CT molecular complexity index is 799. The quantitative estimate of drug-likeness (QED) is 0.364. The van der Waals surface area contributed by atoms with Crippen molar-refractivity contribution in [3.8, 4) is 22.9 Å². The summed E-state index contributed by atoms with van der Waals surface area (Å²) in [4.78, 5) is 11.5. The summed E-state index contributed by atoms with van der Waals surface area (Å²) in [5.41, 5.74) is 1.41. The van der Waals surface area contributed by atoms with Crippen LogP contribution in [0.4, 0.5) is 4.39 Å². The van der Waals surface area contributed by atoms with Crippen molar-refractivity contribution in [1.82, 2.24) is 0 Å². The summed E-state index contributed by atoms with van der Waals surface area (Å²) >= 11 is 0. The summed E-state index contributed by atoms with van der Waals surface area (Å²) in [6, 6.07) is 12.9. The smallest absolute Gasteiger partial charge is 0.336 e. The molecule has 0 aliphatic carbocycles. The normalized spacial score (nSPS) is 10.8. The molecule has 0 atom stereocenters. The molecule has 0 amide bonds. The number of benzene rings is 2. The van der Waals surface area contributed by atoms with Gasteiger partial charge >= 0.3 is 5.97 Å². The number of esters is 1. The third-order valence-electron chi connectivity index (χ3n) is 3.03. The molecule has 0 saturated heterocycles. The maximum Gasteiger partial charge on any atom is 0.336 e. The van der Waals surface area contributed by atoms with Crippen molar-refractivity contribution in [2.45, 2.75) is 6.92 Å². The van der Waals surface area contributed by atoms with Gasteiger partial charge in [-0.2, -0.15) is 5.26 Å². The van der Waals surface area contributed by atoms with Gasteiger partial charge < -0.3 is 4.74 Å². The van der Waals surface area contributed by atoms with Crippen molar-refractivity contribution in [3.05, 3.63) is 78.1 Å². The standard InChI is InChI=1S/C19H14FNO2/c1-2-3-4-5-19(22)23-17-10-8-14(9-11-17)15-6-7-16(13-21)18(20)12-15/h2-12H,1H3/b3-2+,5-4+. The highest BCUT2D eigenvalue weighted by molar-refractivity contribution is 5.84. The number of carbonyl (C=O) groups is 1. The van der Waals surface area contributed by atoms with Gasteiger partial charge in [0.1, 0.15) is 17.6 Å². The molecule has 0 unspecified atom stereocenters. The minimum Gasteiger partial charge on any atom is -0.423 e. The van der Waals surface area contributed by atoms with Crippen LogP contribution in [0.1, 0.15) is 12.5 Å². The number of rotatable bonds is 4. The van der Waals surface area contributed by atoms with Crippen molar-refractivity contribution < 1.29 is 13.9 Å². The first-order chi connectivity index (χ1) is 11.1. The molecular weight excluding hydrogens is 293 g/mol. The van der Waals surface area contributed by atoms with Gasteiger partial charge in [-0.05, 0) is 42.3 Å². The second kappa shape index (κ2) is 7.71. The third kappa shape index (κ3) is 4.39. The Labute approximate surface area is 133 Å². The minimum atomic E-state index is -0.561. The first-order valence-electron chi connectivity index (χ1n) is 6.95. The molecule has 0 radical (unpaired) electrons. The fourth-order valence-electron chi connectivity index (χ4n) is 1.90. The second-order valence-corrected chi connectivity index (χ2v) is 4.64. The van der Waals surface area contributed by atoms with Gasteiger partial charge in [0.2, 0.25) is 0 Å². The molecule has 114 valence electrons. The Hall–Kier alpha value is -3.19. The maximum atomic E-state index is 13.6. The van der Waals surface area contributed by atoms with E-state index >= 15 is 0 Å². The summed E-state index contributed by atoms with van der Waals surface area (Å²) in [7, 11) is 0. The van der Waals surface area contributed by atoms with Gasteiger partial charge in [-0.3, -0.25) is 0 Å². The Morgan fingerprint density at radius 2 is 1.83 bits per heavy atom. The molecule has 0 heterocycles. The number of nitrogens with zero attached hydrogens (tertiary/aromatic N) is 1. The van der Waals surface area contributed by atoms with Gasteiger partial charge in [-0.15, -0.1) is 0 Å². The molecular formula is C19H14FNO2. The van der Waals surface area contributed by atoms with E-state index in [1.807, 2.05) is 6.92 Å². The average Bonchev–Trinajstić information content (AvgIpc) is 2.56. The van der Waals surface area contributed by atoms with Gasteiger partial charge in [0.15, 0.2) is 0 Å². The maximum absolute atomic E-state index is 13.6. The topological polar surface area (TPSA) is 50.1 Å². The predicted octanol–water partition coefficient (Wildman–Crippen LogP) is 4.40. The van der Waals surface area contributed by atoms with Gasteiger partial charge in [0.25, 0.3) is 0 Å². The lowest BCUT2D eigenvalue weighted by atomic mass is 10.0. The minimum absolute atomic E-state index is 0.00668. The van der Waals surface area contributed by atoms with Gasteiger partial charge in [-0.1, -0.05) is 36.4 Å². The Kier molecular flexibility index (Phi) is 5.43. The van der Waals surface area contributed by atoms with E-state index in [1.54, 1.807) is 54.6 Å². The van der Waals surface area contributed by atoms with Crippen molar-refractivity contribution in [1.29, 1.82) is 5.26 Å². The van der Waals surface area contributed by atoms with Crippen LogP contribution in [0.5, 0.6) is 5.75 Å². The van der Waals surface area contributed by atoms with E-state index < -0.39 is 11.8 Å². The summed E-state index contributed by atoms with van der Waals surface area (Å²) in [6.07, 6.45) is 6.44. The summed E-state index contributed by atoms with van der Waals surface area (Å²) in [5.74, 6) is -0.632. The molecule has 0 N–H and O–H groups in total. The van der Waals surface area contributed by atoms with Crippen molar-refractivity contribution in [3.63, 3.8) is 0 Å². The highest BCUT2D eigenvalue weighted by atomic mass is 19.1.